The lowest BCUT2D eigenvalue weighted by molar-refractivity contribution is -0.146. The Morgan fingerprint density at radius 2 is 1.87 bits per heavy atom. The number of hydrogen-bond acceptors (Lipinski definition) is 4. The van der Waals surface area contributed by atoms with Gasteiger partial charge < -0.3 is 14.7 Å². The van der Waals surface area contributed by atoms with E-state index in [4.69, 9.17) is 4.74 Å². The highest BCUT2D eigenvalue weighted by atomic mass is 16.5. The summed E-state index contributed by atoms with van der Waals surface area (Å²) < 4.78 is 5.29. The Labute approximate surface area is 137 Å². The van der Waals surface area contributed by atoms with Crippen LogP contribution in [0.4, 0.5) is 0 Å². The normalized spacial score (nSPS) is 22.5. The summed E-state index contributed by atoms with van der Waals surface area (Å²) >= 11 is 0. The molecule has 0 aliphatic carbocycles. The van der Waals surface area contributed by atoms with Gasteiger partial charge in [0, 0.05) is 12.1 Å². The van der Waals surface area contributed by atoms with Crippen molar-refractivity contribution in [3.63, 3.8) is 0 Å². The van der Waals surface area contributed by atoms with E-state index in [9.17, 15) is 14.7 Å². The van der Waals surface area contributed by atoms with Gasteiger partial charge in [-0.05, 0) is 58.6 Å². The Morgan fingerprint density at radius 1 is 1.26 bits per heavy atom. The number of rotatable bonds is 3. The summed E-state index contributed by atoms with van der Waals surface area (Å²) in [5.41, 5.74) is 0.682. The molecule has 126 valence electrons. The molecule has 1 aromatic rings. The van der Waals surface area contributed by atoms with Crippen molar-refractivity contribution in [1.29, 1.82) is 0 Å². The number of phenols is 1. The Morgan fingerprint density at radius 3 is 2.48 bits per heavy atom. The number of amides is 1. The first kappa shape index (κ1) is 17.3. The molecule has 1 fully saturated rings. The molecule has 1 N–H and O–H groups in total. The minimum absolute atomic E-state index is 0.0874. The number of benzene rings is 1. The van der Waals surface area contributed by atoms with E-state index >= 15 is 0 Å². The fourth-order valence-electron chi connectivity index (χ4n) is 3.16. The van der Waals surface area contributed by atoms with Gasteiger partial charge in [0.05, 0.1) is 0 Å². The van der Waals surface area contributed by atoms with Crippen LogP contribution in [-0.4, -0.2) is 40.1 Å². The lowest BCUT2D eigenvalue weighted by atomic mass is 9.97. The van der Waals surface area contributed by atoms with Gasteiger partial charge in [-0.2, -0.15) is 0 Å². The molecule has 0 aromatic heterocycles. The second-order valence-corrected chi connectivity index (χ2v) is 6.39. The summed E-state index contributed by atoms with van der Waals surface area (Å²) in [5.74, 6) is -0.952. The first-order valence-corrected chi connectivity index (χ1v) is 8.14. The molecule has 5 nitrogen and oxygen atoms in total. The number of ether oxygens (including phenoxy) is 1. The largest absolute Gasteiger partial charge is 0.507 e. The number of likely N-dealkylation sites (tertiary alicyclic amines) is 1. The van der Waals surface area contributed by atoms with Crippen molar-refractivity contribution in [1.82, 2.24) is 4.90 Å². The molecule has 0 bridgehead atoms. The van der Waals surface area contributed by atoms with E-state index in [1.807, 2.05) is 18.7 Å². The molecule has 1 aromatic carbocycles. The van der Waals surface area contributed by atoms with Crippen LogP contribution in [0.25, 0.3) is 0 Å². The molecular formula is C18H25NO4. The van der Waals surface area contributed by atoms with Crippen molar-refractivity contribution in [3.8, 4) is 5.75 Å². The zero-order valence-electron chi connectivity index (χ0n) is 14.2. The standard InChI is InChI=1S/C18H25NO4/c1-11-7-5-10-15(16(11)20)18(22)23-14(4)17(21)19-12(2)8-6-9-13(19)3/h5,7,10,12-14,20H,6,8-9H2,1-4H3/t12-,13-,14+/m0/s1. The van der Waals surface area contributed by atoms with Gasteiger partial charge in [-0.25, -0.2) is 4.79 Å². The van der Waals surface area contributed by atoms with Crippen LogP contribution in [-0.2, 0) is 9.53 Å². The van der Waals surface area contributed by atoms with Gasteiger partial charge in [-0.3, -0.25) is 4.79 Å². The van der Waals surface area contributed by atoms with Crippen LogP contribution in [0.2, 0.25) is 0 Å². The molecule has 0 saturated carbocycles. The predicted molar refractivity (Wildman–Crippen MR) is 87.3 cm³/mol. The third-order valence-electron chi connectivity index (χ3n) is 4.54. The van der Waals surface area contributed by atoms with Crippen LogP contribution in [0, 0.1) is 6.92 Å². The number of nitrogens with zero attached hydrogens (tertiary/aromatic N) is 1. The quantitative estimate of drug-likeness (QED) is 0.870. The highest BCUT2D eigenvalue weighted by Gasteiger charge is 2.33. The van der Waals surface area contributed by atoms with Gasteiger partial charge in [-0.1, -0.05) is 12.1 Å². The fourth-order valence-corrected chi connectivity index (χ4v) is 3.16. The van der Waals surface area contributed by atoms with E-state index in [0.717, 1.165) is 19.3 Å². The number of para-hydroxylation sites is 1. The Balaban J connectivity index is 2.08. The van der Waals surface area contributed by atoms with Gasteiger partial charge in [-0.15, -0.1) is 0 Å². The average Bonchev–Trinajstić information content (AvgIpc) is 2.49. The first-order chi connectivity index (χ1) is 10.8. The Kier molecular flexibility index (Phi) is 5.29. The van der Waals surface area contributed by atoms with E-state index in [1.165, 1.54) is 6.07 Å². The van der Waals surface area contributed by atoms with Crippen LogP contribution >= 0.6 is 0 Å². The van der Waals surface area contributed by atoms with Crippen LogP contribution in [0.5, 0.6) is 5.75 Å². The monoisotopic (exact) mass is 319 g/mol. The van der Waals surface area contributed by atoms with E-state index < -0.39 is 12.1 Å². The van der Waals surface area contributed by atoms with Crippen molar-refractivity contribution < 1.29 is 19.4 Å². The van der Waals surface area contributed by atoms with E-state index in [2.05, 4.69) is 0 Å². The minimum atomic E-state index is -0.870. The average molecular weight is 319 g/mol. The summed E-state index contributed by atoms with van der Waals surface area (Å²) in [5, 5.41) is 9.96. The number of aryl methyl sites for hydroxylation is 1. The lowest BCUT2D eigenvalue weighted by Crippen LogP contribution is -2.51. The molecule has 0 spiro atoms. The van der Waals surface area contributed by atoms with E-state index in [0.29, 0.717) is 5.56 Å². The molecular weight excluding hydrogens is 294 g/mol. The summed E-state index contributed by atoms with van der Waals surface area (Å²) in [4.78, 5) is 26.7. The van der Waals surface area contributed by atoms with Crippen LogP contribution in [0.3, 0.4) is 0 Å². The topological polar surface area (TPSA) is 66.8 Å². The maximum absolute atomic E-state index is 12.6. The number of piperidine rings is 1. The van der Waals surface area contributed by atoms with Gasteiger partial charge in [0.2, 0.25) is 0 Å². The third kappa shape index (κ3) is 3.66. The van der Waals surface area contributed by atoms with Gasteiger partial charge in [0.1, 0.15) is 11.3 Å². The molecule has 23 heavy (non-hydrogen) atoms. The SMILES string of the molecule is Cc1cccc(C(=O)O[C@H](C)C(=O)N2[C@@H](C)CCC[C@@H]2C)c1O. The predicted octanol–water partition coefficient (Wildman–Crippen LogP) is 3.04. The molecule has 5 heteroatoms. The van der Waals surface area contributed by atoms with Crippen LogP contribution in [0.1, 0.15) is 56.0 Å². The molecule has 1 aliphatic heterocycles. The van der Waals surface area contributed by atoms with Gasteiger partial charge in [0.25, 0.3) is 5.91 Å². The molecule has 1 heterocycles. The molecule has 0 radical (unpaired) electrons. The smallest absolute Gasteiger partial charge is 0.342 e. The second kappa shape index (κ2) is 7.02. The zero-order valence-corrected chi connectivity index (χ0v) is 14.2. The number of carbonyl (C=O) groups excluding carboxylic acids is 2. The maximum Gasteiger partial charge on any atom is 0.342 e. The highest BCUT2D eigenvalue weighted by molar-refractivity contribution is 5.95. The first-order valence-electron chi connectivity index (χ1n) is 8.14. The van der Waals surface area contributed by atoms with Gasteiger partial charge in [0.15, 0.2) is 6.10 Å². The van der Waals surface area contributed by atoms with E-state index in [-0.39, 0.29) is 29.3 Å². The molecule has 1 amide bonds. The van der Waals surface area contributed by atoms with Crippen molar-refractivity contribution in [2.75, 3.05) is 0 Å². The highest BCUT2D eigenvalue weighted by Crippen LogP contribution is 2.25. The second-order valence-electron chi connectivity index (χ2n) is 6.39. The molecule has 1 saturated heterocycles. The zero-order chi connectivity index (χ0) is 17.1. The summed E-state index contributed by atoms with van der Waals surface area (Å²) in [6.07, 6.45) is 2.17. The number of phenolic OH excluding ortho intramolecular Hbond substituents is 1. The van der Waals surface area contributed by atoms with Crippen LogP contribution in [0.15, 0.2) is 18.2 Å². The number of hydrogen-bond donors (Lipinski definition) is 1. The Hall–Kier alpha value is -2.04. The molecule has 1 aliphatic rings. The van der Waals surface area contributed by atoms with Crippen LogP contribution < -0.4 is 0 Å². The van der Waals surface area contributed by atoms with E-state index in [1.54, 1.807) is 26.0 Å². The Bertz CT molecular complexity index is 589. The maximum atomic E-state index is 12.6. The number of carbonyl (C=O) groups is 2. The van der Waals surface area contributed by atoms with Crippen molar-refractivity contribution in [3.05, 3.63) is 29.3 Å². The summed E-state index contributed by atoms with van der Waals surface area (Å²) in [6.45, 7) is 7.34. The number of aromatic hydroxyl groups is 1. The van der Waals surface area contributed by atoms with Crippen molar-refractivity contribution in [2.24, 2.45) is 0 Å². The lowest BCUT2D eigenvalue weighted by Gasteiger charge is -2.40. The van der Waals surface area contributed by atoms with Gasteiger partial charge >= 0.3 is 5.97 Å². The molecule has 0 unspecified atom stereocenters. The van der Waals surface area contributed by atoms with Crippen molar-refractivity contribution in [2.45, 2.75) is 65.1 Å². The number of esters is 1. The minimum Gasteiger partial charge on any atom is -0.507 e. The summed E-state index contributed by atoms with van der Waals surface area (Å²) in [6, 6.07) is 5.18. The van der Waals surface area contributed by atoms with Crippen molar-refractivity contribution >= 4 is 11.9 Å². The molecule has 2 rings (SSSR count). The summed E-state index contributed by atoms with van der Waals surface area (Å²) in [7, 11) is 0. The molecule has 3 atom stereocenters. The fraction of sp³-hybridized carbons (Fsp3) is 0.556. The third-order valence-corrected chi connectivity index (χ3v) is 4.54.